The fourth-order valence-corrected chi connectivity index (χ4v) is 3.82. The maximum Gasteiger partial charge on any atom is 0.255 e. The lowest BCUT2D eigenvalue weighted by Gasteiger charge is -2.28. The lowest BCUT2D eigenvalue weighted by atomic mass is 10.0. The highest BCUT2D eigenvalue weighted by atomic mass is 16.2. The first-order chi connectivity index (χ1) is 12.6. The van der Waals surface area contributed by atoms with E-state index >= 15 is 0 Å². The van der Waals surface area contributed by atoms with Crippen LogP contribution in [0.4, 0.5) is 0 Å². The molecule has 1 aromatic carbocycles. The van der Waals surface area contributed by atoms with E-state index in [4.69, 9.17) is 4.98 Å². The lowest BCUT2D eigenvalue weighted by molar-refractivity contribution is 0.0708. The van der Waals surface area contributed by atoms with E-state index < -0.39 is 0 Å². The van der Waals surface area contributed by atoms with Crippen LogP contribution in [-0.2, 0) is 13.1 Å². The number of nitrogens with zero attached hydrogens (tertiary/aromatic N) is 5. The molecule has 1 saturated carbocycles. The van der Waals surface area contributed by atoms with Crippen molar-refractivity contribution < 1.29 is 4.79 Å². The smallest absolute Gasteiger partial charge is 0.255 e. The molecule has 5 rings (SSSR count). The Bertz CT molecular complexity index is 1030. The maximum atomic E-state index is 13.4. The van der Waals surface area contributed by atoms with Gasteiger partial charge in [-0.15, -0.1) is 10.2 Å². The third-order valence-corrected chi connectivity index (χ3v) is 5.51. The van der Waals surface area contributed by atoms with E-state index in [0.29, 0.717) is 19.0 Å². The maximum absolute atomic E-state index is 13.4. The minimum Gasteiger partial charge on any atom is -0.329 e. The van der Waals surface area contributed by atoms with Gasteiger partial charge >= 0.3 is 0 Å². The Morgan fingerprint density at radius 1 is 1.15 bits per heavy atom. The summed E-state index contributed by atoms with van der Waals surface area (Å²) in [5.74, 6) is 2.35. The summed E-state index contributed by atoms with van der Waals surface area (Å²) >= 11 is 0. The van der Waals surface area contributed by atoms with Gasteiger partial charge in [-0.25, -0.2) is 0 Å². The molecule has 132 valence electrons. The molecule has 0 spiro atoms. The monoisotopic (exact) mass is 347 g/mol. The molecule has 0 N–H and O–H groups in total. The Balaban J connectivity index is 1.58. The van der Waals surface area contributed by atoms with E-state index in [-0.39, 0.29) is 5.91 Å². The van der Waals surface area contributed by atoms with Crippen LogP contribution in [0, 0.1) is 13.8 Å². The number of aromatic nitrogens is 4. The molecule has 2 aliphatic rings. The van der Waals surface area contributed by atoms with Gasteiger partial charge in [-0.2, -0.15) is 0 Å². The molecule has 2 aromatic heterocycles. The van der Waals surface area contributed by atoms with Gasteiger partial charge in [-0.05, 0) is 38.3 Å². The first kappa shape index (κ1) is 15.5. The molecule has 3 heterocycles. The van der Waals surface area contributed by atoms with Crippen molar-refractivity contribution in [2.24, 2.45) is 0 Å². The molecular formula is C20H21N5O. The summed E-state index contributed by atoms with van der Waals surface area (Å²) in [6.07, 6.45) is 2.34. The first-order valence-corrected chi connectivity index (χ1v) is 9.20. The van der Waals surface area contributed by atoms with Crippen molar-refractivity contribution in [3.63, 3.8) is 0 Å². The fraction of sp³-hybridized carbons (Fsp3) is 0.400. The van der Waals surface area contributed by atoms with Gasteiger partial charge in [0, 0.05) is 30.1 Å². The first-order valence-electron chi connectivity index (χ1n) is 9.20. The van der Waals surface area contributed by atoms with E-state index in [1.54, 1.807) is 0 Å². The molecule has 26 heavy (non-hydrogen) atoms. The number of carbonyl (C=O) groups excluding carboxylic acids is 1. The average molecular weight is 347 g/mol. The number of fused-ring (bicyclic) bond motifs is 2. The summed E-state index contributed by atoms with van der Waals surface area (Å²) in [5, 5.41) is 9.31. The van der Waals surface area contributed by atoms with Crippen LogP contribution in [-0.4, -0.2) is 37.1 Å². The topological polar surface area (TPSA) is 63.9 Å². The minimum atomic E-state index is 0.0665. The molecule has 6 nitrogen and oxygen atoms in total. The Hall–Kier alpha value is -2.76. The molecule has 0 radical (unpaired) electrons. The number of hydrogen-bond donors (Lipinski definition) is 0. The Labute approximate surface area is 151 Å². The van der Waals surface area contributed by atoms with Crippen LogP contribution in [0.25, 0.3) is 10.9 Å². The summed E-state index contributed by atoms with van der Waals surface area (Å²) in [6.45, 7) is 5.95. The summed E-state index contributed by atoms with van der Waals surface area (Å²) in [5.41, 5.74) is 3.90. The van der Waals surface area contributed by atoms with Gasteiger partial charge in [0.25, 0.3) is 5.91 Å². The Kier molecular flexibility index (Phi) is 3.35. The molecule has 1 fully saturated rings. The fourth-order valence-electron chi connectivity index (χ4n) is 3.82. The second-order valence-corrected chi connectivity index (χ2v) is 7.38. The summed E-state index contributed by atoms with van der Waals surface area (Å²) in [4.78, 5) is 20.1. The zero-order valence-corrected chi connectivity index (χ0v) is 15.1. The molecular weight excluding hydrogens is 326 g/mol. The summed E-state index contributed by atoms with van der Waals surface area (Å²) in [7, 11) is 0. The van der Waals surface area contributed by atoms with Crippen molar-refractivity contribution >= 4 is 16.8 Å². The van der Waals surface area contributed by atoms with Crippen molar-refractivity contribution in [3.05, 3.63) is 52.7 Å². The lowest BCUT2D eigenvalue weighted by Crippen LogP contribution is -2.38. The predicted octanol–water partition coefficient (Wildman–Crippen LogP) is 2.98. The van der Waals surface area contributed by atoms with Gasteiger partial charge in [-0.3, -0.25) is 9.78 Å². The highest BCUT2D eigenvalue weighted by molar-refractivity contribution is 6.06. The molecule has 0 saturated heterocycles. The molecule has 1 aliphatic heterocycles. The van der Waals surface area contributed by atoms with Crippen molar-refractivity contribution in [1.29, 1.82) is 0 Å². The largest absolute Gasteiger partial charge is 0.329 e. The Morgan fingerprint density at radius 2 is 2.00 bits per heavy atom. The number of amides is 1. The van der Waals surface area contributed by atoms with Gasteiger partial charge in [0.05, 0.1) is 17.6 Å². The molecule has 0 atom stereocenters. The third-order valence-electron chi connectivity index (χ3n) is 5.51. The third kappa shape index (κ3) is 2.40. The predicted molar refractivity (Wildman–Crippen MR) is 98.0 cm³/mol. The van der Waals surface area contributed by atoms with E-state index in [1.165, 1.54) is 12.8 Å². The summed E-state index contributed by atoms with van der Waals surface area (Å²) < 4.78 is 2.09. The van der Waals surface area contributed by atoms with Crippen molar-refractivity contribution in [1.82, 2.24) is 24.6 Å². The molecule has 1 aliphatic carbocycles. The van der Waals surface area contributed by atoms with Crippen molar-refractivity contribution in [2.75, 3.05) is 6.54 Å². The van der Waals surface area contributed by atoms with Crippen LogP contribution < -0.4 is 0 Å². The molecule has 1 amide bonds. The van der Waals surface area contributed by atoms with Crippen LogP contribution in [0.15, 0.2) is 24.3 Å². The minimum absolute atomic E-state index is 0.0665. The highest BCUT2D eigenvalue weighted by Gasteiger charge is 2.30. The normalized spacial score (nSPS) is 16.8. The number of rotatable bonds is 2. The number of aryl methyl sites for hydroxylation is 2. The van der Waals surface area contributed by atoms with E-state index in [9.17, 15) is 4.79 Å². The molecule has 0 bridgehead atoms. The summed E-state index contributed by atoms with van der Waals surface area (Å²) in [6, 6.07) is 8.09. The zero-order valence-electron chi connectivity index (χ0n) is 15.1. The van der Waals surface area contributed by atoms with Gasteiger partial charge in [0.2, 0.25) is 0 Å². The molecule has 3 aromatic rings. The van der Waals surface area contributed by atoms with Crippen molar-refractivity contribution in [3.8, 4) is 0 Å². The van der Waals surface area contributed by atoms with Crippen LogP contribution in [0.3, 0.4) is 0 Å². The second-order valence-electron chi connectivity index (χ2n) is 7.38. The van der Waals surface area contributed by atoms with Gasteiger partial charge in [0.1, 0.15) is 5.82 Å². The highest BCUT2D eigenvalue weighted by Crippen LogP contribution is 2.40. The zero-order chi connectivity index (χ0) is 17.8. The van der Waals surface area contributed by atoms with E-state index in [2.05, 4.69) is 27.8 Å². The molecule has 6 heteroatoms. The van der Waals surface area contributed by atoms with Crippen LogP contribution >= 0.6 is 0 Å². The van der Waals surface area contributed by atoms with Gasteiger partial charge in [0.15, 0.2) is 5.82 Å². The van der Waals surface area contributed by atoms with E-state index in [1.807, 2.05) is 30.0 Å². The average Bonchev–Trinajstić information content (AvgIpc) is 3.44. The van der Waals surface area contributed by atoms with Crippen LogP contribution in [0.5, 0.6) is 0 Å². The standard InChI is InChI=1S/C20H21N5O/c1-12-4-3-5-15-16(10-17(14-6-7-14)21-19(12)15)20(26)24-8-9-25-13(2)22-23-18(25)11-24/h3-5,10,14H,6-9,11H2,1-2H3. The second kappa shape index (κ2) is 5.62. The van der Waals surface area contributed by atoms with Gasteiger partial charge < -0.3 is 9.47 Å². The number of benzene rings is 1. The van der Waals surface area contributed by atoms with E-state index in [0.717, 1.165) is 45.9 Å². The number of para-hydroxylation sites is 1. The van der Waals surface area contributed by atoms with Crippen LogP contribution in [0.2, 0.25) is 0 Å². The van der Waals surface area contributed by atoms with Crippen molar-refractivity contribution in [2.45, 2.75) is 45.7 Å². The van der Waals surface area contributed by atoms with Crippen LogP contribution in [0.1, 0.15) is 52.0 Å². The quantitative estimate of drug-likeness (QED) is 0.715. The number of pyridine rings is 1. The van der Waals surface area contributed by atoms with Gasteiger partial charge in [-0.1, -0.05) is 18.2 Å². The Morgan fingerprint density at radius 3 is 2.81 bits per heavy atom. The number of hydrogen-bond acceptors (Lipinski definition) is 4. The number of carbonyl (C=O) groups is 1. The molecule has 0 unspecified atom stereocenters. The SMILES string of the molecule is Cc1cccc2c(C(=O)N3CCn4c(C)nnc4C3)cc(C3CC3)nc12.